The molecule has 0 radical (unpaired) electrons. The van der Waals surface area contributed by atoms with E-state index in [1.54, 1.807) is 34.5 Å². The number of nitrogens with zero attached hydrogens (tertiary/aromatic N) is 2. The van der Waals surface area contributed by atoms with Crippen LogP contribution in [0.25, 0.3) is 0 Å². The number of carbonyl (C=O) groups is 4. The number of nitrogens with one attached hydrogen (secondary N) is 2. The summed E-state index contributed by atoms with van der Waals surface area (Å²) in [6.45, 7) is 2.94. The van der Waals surface area contributed by atoms with Crippen LogP contribution in [0.2, 0.25) is 0 Å². The Morgan fingerprint density at radius 2 is 1.86 bits per heavy atom. The van der Waals surface area contributed by atoms with E-state index in [1.165, 1.54) is 11.3 Å². The van der Waals surface area contributed by atoms with Crippen LogP contribution in [0, 0.1) is 5.41 Å². The molecule has 226 valence electrons. The molecule has 3 N–H and O–H groups in total. The molecule has 4 heterocycles. The smallest absolute Gasteiger partial charge is 0.326 e. The van der Waals surface area contributed by atoms with Gasteiger partial charge in [-0.2, -0.15) is 0 Å². The number of thiazole rings is 1. The van der Waals surface area contributed by atoms with Crippen LogP contribution in [0.5, 0.6) is 11.5 Å². The minimum Gasteiger partial charge on any atom is -0.480 e. The molecule has 43 heavy (non-hydrogen) atoms. The Kier molecular flexibility index (Phi) is 9.40. The van der Waals surface area contributed by atoms with Crippen LogP contribution >= 0.6 is 11.3 Å². The lowest BCUT2D eigenvalue weighted by molar-refractivity contribution is -0.142. The molecular weight excluding hydrogens is 568 g/mol. The fraction of sp³-hybridized carbons (Fsp3) is 0.406. The second kappa shape index (κ2) is 13.4. The van der Waals surface area contributed by atoms with Crippen LogP contribution in [0.4, 0.5) is 0 Å². The van der Waals surface area contributed by atoms with Crippen LogP contribution in [-0.2, 0) is 33.6 Å². The molecule has 3 aliphatic rings. The number of aromatic nitrogens is 1. The van der Waals surface area contributed by atoms with Crippen LogP contribution in [0.1, 0.15) is 59.2 Å². The van der Waals surface area contributed by atoms with Crippen molar-refractivity contribution in [2.45, 2.75) is 57.9 Å². The van der Waals surface area contributed by atoms with Gasteiger partial charge in [0.15, 0.2) is 0 Å². The fourth-order valence-electron chi connectivity index (χ4n) is 5.64. The number of piperidine rings is 1. The number of aryl methyl sites for hydroxylation is 1. The van der Waals surface area contributed by atoms with Gasteiger partial charge in [-0.05, 0) is 67.5 Å². The van der Waals surface area contributed by atoms with E-state index in [0.717, 1.165) is 29.0 Å². The molecule has 0 aliphatic carbocycles. The van der Waals surface area contributed by atoms with E-state index in [4.69, 9.17) is 4.74 Å². The largest absolute Gasteiger partial charge is 0.480 e. The molecule has 3 aromatic rings. The minimum absolute atomic E-state index is 0.0532. The SMILES string of the molecule is CCCc1nc(C(=O)N2CCC3(CC2)Cc2cccc(c2)Oc2ccc(cc2)C[C@@H](C(=O)O)NC(=O)CCNC3=O)cs1. The number of likely N-dealkylation sites (tertiary alicyclic amines) is 1. The third-order valence-corrected chi connectivity index (χ3v) is 8.94. The summed E-state index contributed by atoms with van der Waals surface area (Å²) in [6, 6.07) is 13.6. The fourth-order valence-corrected chi connectivity index (χ4v) is 6.51. The Bertz CT molecular complexity index is 1480. The maximum Gasteiger partial charge on any atom is 0.326 e. The standard InChI is InChI=1S/C32H36N4O6S/c1-2-4-28-35-26(20-43-28)29(38)36-15-12-32(13-16-36)19-22-5-3-6-24(17-22)42-23-9-7-21(8-10-23)18-25(30(39)40)34-27(37)11-14-33-31(32)41/h3,5-10,17,20,25H,2,4,11-16,18-19H2,1H3,(H,33,41)(H,34,37)(H,39,40)/t25-/m0/s1. The first-order valence-electron chi connectivity index (χ1n) is 14.6. The molecule has 0 unspecified atom stereocenters. The van der Waals surface area contributed by atoms with Gasteiger partial charge in [0.1, 0.15) is 23.2 Å². The lowest BCUT2D eigenvalue weighted by atomic mass is 9.72. The van der Waals surface area contributed by atoms with Gasteiger partial charge >= 0.3 is 5.97 Å². The van der Waals surface area contributed by atoms with Gasteiger partial charge < -0.3 is 25.4 Å². The monoisotopic (exact) mass is 604 g/mol. The van der Waals surface area contributed by atoms with Crippen molar-refractivity contribution in [2.75, 3.05) is 19.6 Å². The molecule has 0 saturated carbocycles. The number of aliphatic carboxylic acids is 1. The van der Waals surface area contributed by atoms with Gasteiger partial charge in [-0.1, -0.05) is 31.2 Å². The Balaban J connectivity index is 1.37. The number of carboxylic acid groups (broad SMARTS) is 1. The molecule has 11 heteroatoms. The van der Waals surface area contributed by atoms with E-state index < -0.39 is 23.3 Å². The lowest BCUT2D eigenvalue weighted by Crippen LogP contribution is -2.52. The van der Waals surface area contributed by atoms with Crippen molar-refractivity contribution < 1.29 is 29.0 Å². The second-order valence-electron chi connectivity index (χ2n) is 11.2. The van der Waals surface area contributed by atoms with Gasteiger partial charge in [-0.15, -0.1) is 11.3 Å². The van der Waals surface area contributed by atoms with E-state index in [-0.39, 0.29) is 31.2 Å². The molecule has 6 rings (SSSR count). The highest BCUT2D eigenvalue weighted by atomic mass is 32.1. The summed E-state index contributed by atoms with van der Waals surface area (Å²) in [5.74, 6) is -0.702. The first-order valence-corrected chi connectivity index (χ1v) is 15.5. The van der Waals surface area contributed by atoms with Gasteiger partial charge in [0.2, 0.25) is 11.8 Å². The second-order valence-corrected chi connectivity index (χ2v) is 12.1. The summed E-state index contributed by atoms with van der Waals surface area (Å²) in [4.78, 5) is 57.8. The van der Waals surface area contributed by atoms with Crippen LogP contribution in [0.3, 0.4) is 0 Å². The summed E-state index contributed by atoms with van der Waals surface area (Å²) in [6.07, 6.45) is 3.17. The van der Waals surface area contributed by atoms with Crippen molar-refractivity contribution in [3.05, 3.63) is 75.7 Å². The molecule has 1 spiro atoms. The first-order chi connectivity index (χ1) is 20.7. The van der Waals surface area contributed by atoms with Crippen LogP contribution in [0.15, 0.2) is 53.9 Å². The molecule has 1 fully saturated rings. The van der Waals surface area contributed by atoms with Gasteiger partial charge in [0.25, 0.3) is 5.91 Å². The first kappa shape index (κ1) is 30.2. The number of benzene rings is 2. The normalized spacial score (nSPS) is 19.1. The van der Waals surface area contributed by atoms with Crippen molar-refractivity contribution in [3.8, 4) is 11.5 Å². The van der Waals surface area contributed by atoms with Gasteiger partial charge in [-0.25, -0.2) is 9.78 Å². The van der Waals surface area contributed by atoms with Crippen molar-refractivity contribution in [1.29, 1.82) is 0 Å². The number of rotatable bonds is 4. The van der Waals surface area contributed by atoms with Crippen LogP contribution in [-0.4, -0.2) is 64.4 Å². The highest BCUT2D eigenvalue weighted by Gasteiger charge is 2.42. The molecule has 1 aromatic heterocycles. The highest BCUT2D eigenvalue weighted by molar-refractivity contribution is 7.09. The molecule has 10 nitrogen and oxygen atoms in total. The highest BCUT2D eigenvalue weighted by Crippen LogP contribution is 2.37. The molecule has 3 aliphatic heterocycles. The summed E-state index contributed by atoms with van der Waals surface area (Å²) in [7, 11) is 0. The van der Waals surface area contributed by atoms with E-state index in [0.29, 0.717) is 49.5 Å². The predicted octanol–water partition coefficient (Wildman–Crippen LogP) is 3.98. The minimum atomic E-state index is -1.14. The Morgan fingerprint density at radius 1 is 1.09 bits per heavy atom. The Labute approximate surface area is 254 Å². The summed E-state index contributed by atoms with van der Waals surface area (Å²) in [5, 5.41) is 17.9. The average Bonchev–Trinajstić information content (AvgIpc) is 3.46. The maximum absolute atomic E-state index is 13.8. The Morgan fingerprint density at radius 3 is 2.58 bits per heavy atom. The number of amides is 3. The molecule has 4 bridgehead atoms. The van der Waals surface area contributed by atoms with Crippen molar-refractivity contribution in [1.82, 2.24) is 20.5 Å². The summed E-state index contributed by atoms with van der Waals surface area (Å²) >= 11 is 1.49. The van der Waals surface area contributed by atoms with Crippen molar-refractivity contribution in [3.63, 3.8) is 0 Å². The topological polar surface area (TPSA) is 138 Å². The maximum atomic E-state index is 13.8. The number of fused-ring (bicyclic) bond motifs is 9. The van der Waals surface area contributed by atoms with E-state index in [1.807, 2.05) is 24.3 Å². The zero-order valence-electron chi connectivity index (χ0n) is 24.1. The average molecular weight is 605 g/mol. The zero-order valence-corrected chi connectivity index (χ0v) is 25.0. The molecule has 3 amide bonds. The lowest BCUT2D eigenvalue weighted by Gasteiger charge is -2.40. The zero-order chi connectivity index (χ0) is 30.4. The third-order valence-electron chi connectivity index (χ3n) is 8.03. The molecule has 1 saturated heterocycles. The summed E-state index contributed by atoms with van der Waals surface area (Å²) in [5.41, 5.74) is 1.31. The third kappa shape index (κ3) is 7.40. The number of carbonyl (C=O) groups excluding carboxylic acids is 3. The number of carboxylic acids is 1. The quantitative estimate of drug-likeness (QED) is 0.410. The van der Waals surface area contributed by atoms with Crippen LogP contribution < -0.4 is 15.4 Å². The summed E-state index contributed by atoms with van der Waals surface area (Å²) < 4.78 is 6.08. The molecular formula is C32H36N4O6S. The van der Waals surface area contributed by atoms with Crippen molar-refractivity contribution >= 4 is 35.0 Å². The number of hydrogen-bond donors (Lipinski definition) is 3. The van der Waals surface area contributed by atoms with E-state index in [9.17, 15) is 24.3 Å². The van der Waals surface area contributed by atoms with E-state index in [2.05, 4.69) is 22.5 Å². The van der Waals surface area contributed by atoms with Crippen molar-refractivity contribution in [2.24, 2.45) is 5.41 Å². The van der Waals surface area contributed by atoms with Gasteiger partial charge in [0, 0.05) is 37.9 Å². The van der Waals surface area contributed by atoms with Gasteiger partial charge in [-0.3, -0.25) is 14.4 Å². The number of ether oxygens (including phenoxy) is 1. The Hall–Kier alpha value is -4.25. The van der Waals surface area contributed by atoms with E-state index >= 15 is 0 Å². The molecule has 2 aromatic carbocycles. The van der Waals surface area contributed by atoms with Gasteiger partial charge in [0.05, 0.1) is 10.4 Å². The predicted molar refractivity (Wildman–Crippen MR) is 161 cm³/mol. The number of hydrogen-bond acceptors (Lipinski definition) is 7. The molecule has 1 atom stereocenters.